The highest BCUT2D eigenvalue weighted by atomic mass is 32.1. The molecular formula is C22H26F3N7O4S. The molecule has 0 fully saturated rings. The predicted octanol–water partition coefficient (Wildman–Crippen LogP) is 2.48. The molecule has 0 saturated heterocycles. The van der Waals surface area contributed by atoms with Crippen molar-refractivity contribution < 1.29 is 32.6 Å². The molecule has 2 heterocycles. The number of alkyl halides is 3. The summed E-state index contributed by atoms with van der Waals surface area (Å²) in [5, 5.41) is 31.5. The maximum Gasteiger partial charge on any atom is 0.573 e. The monoisotopic (exact) mass is 541 g/mol. The summed E-state index contributed by atoms with van der Waals surface area (Å²) in [7, 11) is 0. The highest BCUT2D eigenvalue weighted by Crippen LogP contribution is 2.23. The average Bonchev–Trinajstić information content (AvgIpc) is 3.47. The molecule has 0 saturated carbocycles. The molecule has 0 bridgehead atoms. The van der Waals surface area contributed by atoms with Crippen molar-refractivity contribution in [2.45, 2.75) is 58.2 Å². The number of aliphatic hydroxyl groups is 1. The number of ether oxygens (including phenoxy) is 1. The molecule has 200 valence electrons. The molecule has 0 spiro atoms. The van der Waals surface area contributed by atoms with Gasteiger partial charge in [0, 0.05) is 26.1 Å². The lowest BCUT2D eigenvalue weighted by Crippen LogP contribution is -2.38. The number of halogens is 3. The second-order valence-corrected chi connectivity index (χ2v) is 9.76. The van der Waals surface area contributed by atoms with Gasteiger partial charge in [-0.15, -0.1) is 28.5 Å². The Morgan fingerprint density at radius 2 is 1.89 bits per heavy atom. The fourth-order valence-corrected chi connectivity index (χ4v) is 3.80. The number of aryl methyl sites for hydroxylation is 2. The van der Waals surface area contributed by atoms with E-state index in [2.05, 4.69) is 35.9 Å². The summed E-state index contributed by atoms with van der Waals surface area (Å²) in [6.45, 7) is 3.76. The Morgan fingerprint density at radius 1 is 1.11 bits per heavy atom. The Labute approximate surface area is 214 Å². The molecule has 0 atom stereocenters. The largest absolute Gasteiger partial charge is 0.573 e. The molecule has 0 aliphatic rings. The molecule has 0 aliphatic heterocycles. The van der Waals surface area contributed by atoms with Crippen LogP contribution in [0.2, 0.25) is 0 Å². The fourth-order valence-electron chi connectivity index (χ4n) is 3.01. The molecule has 3 aromatic rings. The van der Waals surface area contributed by atoms with Gasteiger partial charge in [0.2, 0.25) is 5.01 Å². The first kappa shape index (κ1) is 28.0. The van der Waals surface area contributed by atoms with E-state index in [0.717, 1.165) is 6.42 Å². The molecule has 37 heavy (non-hydrogen) atoms. The van der Waals surface area contributed by atoms with Gasteiger partial charge in [-0.2, -0.15) is 0 Å². The van der Waals surface area contributed by atoms with Crippen molar-refractivity contribution in [3.05, 3.63) is 51.7 Å². The van der Waals surface area contributed by atoms with Crippen LogP contribution in [0, 0.1) is 0 Å². The van der Waals surface area contributed by atoms with Crippen molar-refractivity contribution in [3.63, 3.8) is 0 Å². The molecule has 15 heteroatoms. The van der Waals surface area contributed by atoms with Crippen LogP contribution in [0.15, 0.2) is 30.5 Å². The van der Waals surface area contributed by atoms with Gasteiger partial charge in [-0.25, -0.2) is 0 Å². The number of benzene rings is 1. The number of rotatable bonds is 12. The van der Waals surface area contributed by atoms with Crippen molar-refractivity contribution in [1.29, 1.82) is 0 Å². The SMILES string of the molecule is CC(C)(O)CNC(=O)c1nnc(CCCCn2cc(C(=O)NCc3cccc(OC(F)(F)F)c3)nn2)s1. The molecule has 2 aromatic heterocycles. The fraction of sp³-hybridized carbons (Fsp3) is 0.455. The zero-order valence-corrected chi connectivity index (χ0v) is 20.9. The standard InChI is InChI=1S/C22H26F3N7O4S/c1-21(2,35)13-27-19(34)20-30-29-17(37-20)8-3-4-9-32-12-16(28-31-32)18(33)26-11-14-6-5-7-15(10-14)36-22(23,24)25/h5-7,10,12,35H,3-4,8-9,11,13H2,1-2H3,(H,26,33)(H,27,34). The van der Waals surface area contributed by atoms with E-state index < -0.39 is 17.9 Å². The molecule has 0 radical (unpaired) electrons. The summed E-state index contributed by atoms with van der Waals surface area (Å²) in [4.78, 5) is 24.4. The van der Waals surface area contributed by atoms with Crippen molar-refractivity contribution in [2.75, 3.05) is 6.54 Å². The number of carbonyl (C=O) groups excluding carboxylic acids is 2. The van der Waals surface area contributed by atoms with Gasteiger partial charge < -0.3 is 20.5 Å². The number of amides is 2. The van der Waals surface area contributed by atoms with E-state index in [1.807, 2.05) is 0 Å². The van der Waals surface area contributed by atoms with Gasteiger partial charge in [0.05, 0.1) is 11.8 Å². The van der Waals surface area contributed by atoms with Gasteiger partial charge in [0.25, 0.3) is 11.8 Å². The summed E-state index contributed by atoms with van der Waals surface area (Å²) < 4.78 is 42.5. The van der Waals surface area contributed by atoms with Crippen LogP contribution in [-0.2, 0) is 19.5 Å². The number of nitrogens with zero attached hydrogens (tertiary/aromatic N) is 5. The second-order valence-electron chi connectivity index (χ2n) is 8.70. The van der Waals surface area contributed by atoms with E-state index in [4.69, 9.17) is 0 Å². The van der Waals surface area contributed by atoms with Gasteiger partial charge in [0.15, 0.2) is 5.69 Å². The highest BCUT2D eigenvalue weighted by molar-refractivity contribution is 7.13. The van der Waals surface area contributed by atoms with Crippen LogP contribution < -0.4 is 15.4 Å². The van der Waals surface area contributed by atoms with E-state index >= 15 is 0 Å². The first-order valence-electron chi connectivity index (χ1n) is 11.2. The van der Waals surface area contributed by atoms with Crippen LogP contribution in [0.3, 0.4) is 0 Å². The lowest BCUT2D eigenvalue weighted by molar-refractivity contribution is -0.274. The Balaban J connectivity index is 1.39. The number of aromatic nitrogens is 5. The van der Waals surface area contributed by atoms with Gasteiger partial charge in [-0.1, -0.05) is 28.7 Å². The van der Waals surface area contributed by atoms with Crippen LogP contribution >= 0.6 is 11.3 Å². The average molecular weight is 542 g/mol. The lowest BCUT2D eigenvalue weighted by Gasteiger charge is -2.16. The third kappa shape index (κ3) is 9.76. The van der Waals surface area contributed by atoms with E-state index in [-0.39, 0.29) is 35.4 Å². The third-order valence-electron chi connectivity index (χ3n) is 4.73. The normalized spacial score (nSPS) is 11.8. The zero-order chi connectivity index (χ0) is 27.1. The molecule has 2 amide bonds. The van der Waals surface area contributed by atoms with E-state index in [1.165, 1.54) is 40.4 Å². The first-order chi connectivity index (χ1) is 17.4. The van der Waals surface area contributed by atoms with Gasteiger partial charge in [0.1, 0.15) is 10.8 Å². The summed E-state index contributed by atoms with van der Waals surface area (Å²) in [5.74, 6) is -1.27. The minimum Gasteiger partial charge on any atom is -0.406 e. The van der Waals surface area contributed by atoms with Crippen LogP contribution in [0.4, 0.5) is 13.2 Å². The molecule has 1 aromatic carbocycles. The number of carbonyl (C=O) groups is 2. The van der Waals surface area contributed by atoms with Crippen molar-refractivity contribution in [2.24, 2.45) is 0 Å². The zero-order valence-electron chi connectivity index (χ0n) is 20.1. The summed E-state index contributed by atoms with van der Waals surface area (Å²) in [5.41, 5.74) is -0.517. The van der Waals surface area contributed by atoms with Crippen LogP contribution in [0.5, 0.6) is 5.75 Å². The van der Waals surface area contributed by atoms with Crippen LogP contribution in [0.25, 0.3) is 0 Å². The molecule has 0 unspecified atom stereocenters. The summed E-state index contributed by atoms with van der Waals surface area (Å²) in [6, 6.07) is 5.32. The lowest BCUT2D eigenvalue weighted by atomic mass is 10.1. The molecule has 0 aliphatic carbocycles. The maximum atomic E-state index is 12.4. The number of unbranched alkanes of at least 4 members (excludes halogenated alkanes) is 1. The number of hydrogen-bond donors (Lipinski definition) is 3. The smallest absolute Gasteiger partial charge is 0.406 e. The van der Waals surface area contributed by atoms with E-state index in [9.17, 15) is 27.9 Å². The Hall–Kier alpha value is -3.59. The maximum absolute atomic E-state index is 12.4. The minimum absolute atomic E-state index is 0.0135. The molecule has 3 rings (SSSR count). The third-order valence-corrected chi connectivity index (χ3v) is 5.71. The summed E-state index contributed by atoms with van der Waals surface area (Å²) >= 11 is 1.19. The van der Waals surface area contributed by atoms with Crippen molar-refractivity contribution in [1.82, 2.24) is 35.8 Å². The minimum atomic E-state index is -4.80. The first-order valence-corrected chi connectivity index (χ1v) is 12.1. The molecule has 3 N–H and O–H groups in total. The van der Waals surface area contributed by atoms with Crippen molar-refractivity contribution >= 4 is 23.2 Å². The van der Waals surface area contributed by atoms with E-state index in [0.29, 0.717) is 30.0 Å². The Morgan fingerprint density at radius 3 is 2.62 bits per heavy atom. The quantitative estimate of drug-likeness (QED) is 0.297. The van der Waals surface area contributed by atoms with E-state index in [1.54, 1.807) is 19.9 Å². The highest BCUT2D eigenvalue weighted by Gasteiger charge is 2.31. The van der Waals surface area contributed by atoms with Crippen LogP contribution in [0.1, 0.15) is 57.6 Å². The Bertz CT molecular complexity index is 1210. The Kier molecular flexibility index (Phi) is 9.15. The van der Waals surface area contributed by atoms with Gasteiger partial charge >= 0.3 is 6.36 Å². The van der Waals surface area contributed by atoms with Gasteiger partial charge in [-0.05, 0) is 44.4 Å². The predicted molar refractivity (Wildman–Crippen MR) is 126 cm³/mol. The summed E-state index contributed by atoms with van der Waals surface area (Å²) in [6.07, 6.45) is -1.27. The number of hydrogen-bond acceptors (Lipinski definition) is 9. The second kappa shape index (κ2) is 12.1. The topological polar surface area (TPSA) is 144 Å². The number of nitrogens with one attached hydrogen (secondary N) is 2. The molecular weight excluding hydrogens is 515 g/mol. The van der Waals surface area contributed by atoms with Crippen molar-refractivity contribution in [3.8, 4) is 5.75 Å². The van der Waals surface area contributed by atoms with Gasteiger partial charge in [-0.3, -0.25) is 14.3 Å². The van der Waals surface area contributed by atoms with Crippen LogP contribution in [-0.4, -0.2) is 60.6 Å². The molecule has 11 nitrogen and oxygen atoms in total.